The van der Waals surface area contributed by atoms with Crippen molar-refractivity contribution in [2.75, 3.05) is 19.3 Å². The van der Waals surface area contributed by atoms with Crippen LogP contribution >= 0.6 is 0 Å². The van der Waals surface area contributed by atoms with E-state index in [0.717, 1.165) is 6.26 Å². The van der Waals surface area contributed by atoms with E-state index in [2.05, 4.69) is 5.16 Å². The summed E-state index contributed by atoms with van der Waals surface area (Å²) in [6.07, 6.45) is 1.23. The first kappa shape index (κ1) is 17.7. The number of rotatable bonds is 7. The van der Waals surface area contributed by atoms with Crippen LogP contribution in [0.1, 0.15) is 27.2 Å². The number of hydrogen-bond acceptors (Lipinski definition) is 5. The van der Waals surface area contributed by atoms with Gasteiger partial charge in [-0.05, 0) is 12.8 Å². The molecule has 0 saturated carbocycles. The number of carbonyl (C=O) groups is 1. The smallest absolute Gasteiger partial charge is 0.240 e. The van der Waals surface area contributed by atoms with Crippen LogP contribution in [0.3, 0.4) is 0 Å². The van der Waals surface area contributed by atoms with Crippen molar-refractivity contribution in [3.05, 3.63) is 0 Å². The molecule has 0 rings (SSSR count). The maximum absolute atomic E-state index is 12.1. The number of oxime groups is 1. The summed E-state index contributed by atoms with van der Waals surface area (Å²) in [7, 11) is -3.43. The van der Waals surface area contributed by atoms with E-state index in [0.29, 0.717) is 6.54 Å². The molecule has 1 amide bonds. The van der Waals surface area contributed by atoms with Crippen molar-refractivity contribution in [2.24, 2.45) is 16.8 Å². The molecule has 0 aromatic rings. The average Bonchev–Trinajstić information content (AvgIpc) is 2.30. The molecule has 0 bridgehead atoms. The lowest BCUT2D eigenvalue weighted by Gasteiger charge is -2.26. The maximum atomic E-state index is 12.1. The fourth-order valence-electron chi connectivity index (χ4n) is 1.47. The van der Waals surface area contributed by atoms with Crippen molar-refractivity contribution in [3.8, 4) is 0 Å². The SMILES string of the molecule is CC(C)CN(CCC(N)=NO)C(=O)C(C)S(C)(=O)=O. The Labute approximate surface area is 114 Å². The zero-order valence-electron chi connectivity index (χ0n) is 11.8. The Kier molecular flexibility index (Phi) is 6.82. The highest BCUT2D eigenvalue weighted by Crippen LogP contribution is 2.08. The molecule has 0 aromatic carbocycles. The summed E-state index contributed by atoms with van der Waals surface area (Å²) in [4.78, 5) is 13.6. The number of nitrogens with two attached hydrogens (primary N) is 1. The highest BCUT2D eigenvalue weighted by molar-refractivity contribution is 7.92. The van der Waals surface area contributed by atoms with Crippen molar-refractivity contribution < 1.29 is 18.4 Å². The molecular formula is C11H23N3O4S. The first-order valence-electron chi connectivity index (χ1n) is 6.03. The van der Waals surface area contributed by atoms with Crippen LogP contribution < -0.4 is 5.73 Å². The largest absolute Gasteiger partial charge is 0.409 e. The molecular weight excluding hydrogens is 270 g/mol. The lowest BCUT2D eigenvalue weighted by molar-refractivity contribution is -0.130. The van der Waals surface area contributed by atoms with E-state index < -0.39 is 21.0 Å². The van der Waals surface area contributed by atoms with Crippen molar-refractivity contribution in [3.63, 3.8) is 0 Å². The monoisotopic (exact) mass is 293 g/mol. The van der Waals surface area contributed by atoms with Gasteiger partial charge in [0.2, 0.25) is 5.91 Å². The standard InChI is InChI=1S/C11H23N3O4S/c1-8(2)7-14(6-5-10(12)13-16)11(15)9(3)19(4,17)18/h8-9,16H,5-7H2,1-4H3,(H2,12,13). The summed E-state index contributed by atoms with van der Waals surface area (Å²) in [6.45, 7) is 5.88. The summed E-state index contributed by atoms with van der Waals surface area (Å²) in [6, 6.07) is 0. The number of hydrogen-bond donors (Lipinski definition) is 2. The van der Waals surface area contributed by atoms with Crippen LogP contribution in [-0.2, 0) is 14.6 Å². The molecule has 7 nitrogen and oxygen atoms in total. The van der Waals surface area contributed by atoms with Crippen LogP contribution in [0.25, 0.3) is 0 Å². The third-order valence-electron chi connectivity index (χ3n) is 2.65. The predicted octanol–water partition coefficient (Wildman–Crippen LogP) is 0.0406. The molecule has 1 unspecified atom stereocenters. The minimum Gasteiger partial charge on any atom is -0.409 e. The van der Waals surface area contributed by atoms with E-state index >= 15 is 0 Å². The van der Waals surface area contributed by atoms with Gasteiger partial charge in [0.05, 0.1) is 0 Å². The second-order valence-corrected chi connectivity index (χ2v) is 7.36. The lowest BCUT2D eigenvalue weighted by Crippen LogP contribution is -2.44. The Hall–Kier alpha value is -1.31. The van der Waals surface area contributed by atoms with E-state index in [4.69, 9.17) is 10.9 Å². The number of carbonyl (C=O) groups excluding carboxylic acids is 1. The fraction of sp³-hybridized carbons (Fsp3) is 0.818. The van der Waals surface area contributed by atoms with E-state index in [1.165, 1.54) is 11.8 Å². The highest BCUT2D eigenvalue weighted by Gasteiger charge is 2.28. The van der Waals surface area contributed by atoms with Crippen molar-refractivity contribution in [1.82, 2.24) is 4.90 Å². The predicted molar refractivity (Wildman–Crippen MR) is 73.7 cm³/mol. The first-order valence-corrected chi connectivity index (χ1v) is 7.99. The van der Waals surface area contributed by atoms with Gasteiger partial charge in [-0.1, -0.05) is 19.0 Å². The van der Waals surface area contributed by atoms with Crippen LogP contribution in [0.5, 0.6) is 0 Å². The molecule has 0 radical (unpaired) electrons. The Balaban J connectivity index is 4.89. The van der Waals surface area contributed by atoms with Gasteiger partial charge in [-0.2, -0.15) is 0 Å². The third-order valence-corrected chi connectivity index (χ3v) is 4.14. The van der Waals surface area contributed by atoms with Gasteiger partial charge in [0.25, 0.3) is 0 Å². The average molecular weight is 293 g/mol. The molecule has 112 valence electrons. The van der Waals surface area contributed by atoms with E-state index in [9.17, 15) is 13.2 Å². The molecule has 0 aliphatic carbocycles. The Morgan fingerprint density at radius 3 is 2.26 bits per heavy atom. The Morgan fingerprint density at radius 2 is 1.89 bits per heavy atom. The third kappa shape index (κ3) is 6.42. The molecule has 1 atom stereocenters. The molecule has 0 heterocycles. The van der Waals surface area contributed by atoms with Crippen LogP contribution in [0.4, 0.5) is 0 Å². The Morgan fingerprint density at radius 1 is 1.37 bits per heavy atom. The zero-order chi connectivity index (χ0) is 15.2. The second kappa shape index (κ2) is 7.32. The van der Waals surface area contributed by atoms with Gasteiger partial charge in [0.1, 0.15) is 11.1 Å². The number of amidine groups is 1. The molecule has 3 N–H and O–H groups in total. The molecule has 19 heavy (non-hydrogen) atoms. The molecule has 8 heteroatoms. The van der Waals surface area contributed by atoms with Gasteiger partial charge in [0.15, 0.2) is 9.84 Å². The van der Waals surface area contributed by atoms with Gasteiger partial charge in [-0.15, -0.1) is 0 Å². The summed E-state index contributed by atoms with van der Waals surface area (Å²) in [5.41, 5.74) is 5.36. The lowest BCUT2D eigenvalue weighted by atomic mass is 10.2. The Bertz CT molecular complexity index is 431. The topological polar surface area (TPSA) is 113 Å². The highest BCUT2D eigenvalue weighted by atomic mass is 32.2. The van der Waals surface area contributed by atoms with Crippen molar-refractivity contribution >= 4 is 21.6 Å². The van der Waals surface area contributed by atoms with Crippen LogP contribution in [-0.4, -0.2) is 54.9 Å². The number of nitrogens with zero attached hydrogens (tertiary/aromatic N) is 2. The molecule has 0 fully saturated rings. The van der Waals surface area contributed by atoms with Crippen LogP contribution in [0, 0.1) is 5.92 Å². The van der Waals surface area contributed by atoms with Gasteiger partial charge >= 0.3 is 0 Å². The van der Waals surface area contributed by atoms with E-state index in [-0.39, 0.29) is 24.7 Å². The van der Waals surface area contributed by atoms with Gasteiger partial charge in [-0.3, -0.25) is 4.79 Å². The molecule has 0 aromatic heterocycles. The number of amides is 1. The molecule has 0 spiro atoms. The summed E-state index contributed by atoms with van der Waals surface area (Å²) in [5, 5.41) is 10.2. The van der Waals surface area contributed by atoms with E-state index in [1.54, 1.807) is 0 Å². The molecule has 0 aliphatic heterocycles. The normalized spacial score (nSPS) is 14.5. The minimum absolute atomic E-state index is 0.00793. The number of sulfone groups is 1. The maximum Gasteiger partial charge on any atom is 0.240 e. The van der Waals surface area contributed by atoms with Crippen LogP contribution in [0.2, 0.25) is 0 Å². The van der Waals surface area contributed by atoms with Crippen molar-refractivity contribution in [2.45, 2.75) is 32.4 Å². The molecule has 0 aliphatic rings. The first-order chi connectivity index (χ1) is 8.59. The minimum atomic E-state index is -3.43. The summed E-state index contributed by atoms with van der Waals surface area (Å²) in [5.74, 6) is -0.251. The quantitative estimate of drug-likeness (QED) is 0.298. The summed E-state index contributed by atoms with van der Waals surface area (Å²) < 4.78 is 22.8. The fourth-order valence-corrected chi connectivity index (χ4v) is 1.99. The van der Waals surface area contributed by atoms with Gasteiger partial charge in [0, 0.05) is 25.8 Å². The van der Waals surface area contributed by atoms with Gasteiger partial charge < -0.3 is 15.8 Å². The van der Waals surface area contributed by atoms with Gasteiger partial charge in [-0.25, -0.2) is 8.42 Å². The summed E-state index contributed by atoms with van der Waals surface area (Å²) >= 11 is 0. The van der Waals surface area contributed by atoms with Crippen LogP contribution in [0.15, 0.2) is 5.16 Å². The molecule has 0 saturated heterocycles. The van der Waals surface area contributed by atoms with Crippen molar-refractivity contribution in [1.29, 1.82) is 0 Å². The zero-order valence-corrected chi connectivity index (χ0v) is 12.6. The van der Waals surface area contributed by atoms with E-state index in [1.807, 2.05) is 13.8 Å². The second-order valence-electron chi connectivity index (χ2n) is 4.99.